The second kappa shape index (κ2) is 5.62. The van der Waals surface area contributed by atoms with Crippen LogP contribution in [0.4, 0.5) is 0 Å². The van der Waals surface area contributed by atoms with Gasteiger partial charge >= 0.3 is 0 Å². The average Bonchev–Trinajstić information content (AvgIpc) is 2.47. The maximum Gasteiger partial charge on any atom is 0.178 e. The molecule has 0 saturated carbocycles. The first-order valence-corrected chi connectivity index (χ1v) is 8.70. The Morgan fingerprint density at radius 2 is 1.90 bits per heavy atom. The summed E-state index contributed by atoms with van der Waals surface area (Å²) in [6, 6.07) is 15.4. The molecule has 3 rings (SSSR count). The van der Waals surface area contributed by atoms with Crippen molar-refractivity contribution in [2.75, 3.05) is 5.75 Å². The minimum absolute atomic E-state index is 0.149. The summed E-state index contributed by atoms with van der Waals surface area (Å²) >= 11 is 0. The van der Waals surface area contributed by atoms with Crippen LogP contribution in [-0.4, -0.2) is 14.2 Å². The number of aryl methyl sites for hydroxylation is 1. The predicted molar refractivity (Wildman–Crippen MR) is 81.8 cm³/mol. The zero-order valence-corrected chi connectivity index (χ0v) is 12.8. The molecule has 1 heterocycles. The van der Waals surface area contributed by atoms with Gasteiger partial charge in [0.25, 0.3) is 0 Å². The first kappa shape index (κ1) is 14.3. The van der Waals surface area contributed by atoms with Gasteiger partial charge in [-0.1, -0.05) is 48.0 Å². The summed E-state index contributed by atoms with van der Waals surface area (Å²) in [6.45, 7) is 2.47. The van der Waals surface area contributed by atoms with Crippen molar-refractivity contribution in [3.63, 3.8) is 0 Å². The Balaban J connectivity index is 1.86. The van der Waals surface area contributed by atoms with E-state index >= 15 is 0 Å². The van der Waals surface area contributed by atoms with Gasteiger partial charge in [-0.05, 0) is 30.5 Å². The van der Waals surface area contributed by atoms with E-state index in [0.717, 1.165) is 16.7 Å². The molecule has 0 spiro atoms. The van der Waals surface area contributed by atoms with Crippen molar-refractivity contribution in [3.8, 4) is 0 Å². The summed E-state index contributed by atoms with van der Waals surface area (Å²) in [5.41, 5.74) is 2.96. The van der Waals surface area contributed by atoms with E-state index in [1.54, 1.807) is 6.07 Å². The maximum absolute atomic E-state index is 12.1. The molecule has 0 bridgehead atoms. The molecule has 0 aromatic heterocycles. The second-order valence-corrected chi connectivity index (χ2v) is 7.51. The highest BCUT2D eigenvalue weighted by Gasteiger charge is 2.30. The zero-order chi connectivity index (χ0) is 14.9. The number of ether oxygens (including phenoxy) is 1. The normalized spacial score (nSPS) is 20.0. The van der Waals surface area contributed by atoms with E-state index in [2.05, 4.69) is 0 Å². The van der Waals surface area contributed by atoms with Gasteiger partial charge in [0.2, 0.25) is 0 Å². The van der Waals surface area contributed by atoms with Crippen LogP contribution in [0.2, 0.25) is 0 Å². The maximum atomic E-state index is 12.1. The molecule has 2 aromatic rings. The molecule has 110 valence electrons. The summed E-state index contributed by atoms with van der Waals surface area (Å²) in [4.78, 5) is 0.428. The Morgan fingerprint density at radius 1 is 1.14 bits per heavy atom. The molecule has 2 aromatic carbocycles. The van der Waals surface area contributed by atoms with Gasteiger partial charge in [0.05, 0.1) is 23.4 Å². The first-order chi connectivity index (χ1) is 10.1. The summed E-state index contributed by atoms with van der Waals surface area (Å²) in [6.07, 6.45) is 0.370. The highest BCUT2D eigenvalue weighted by Crippen LogP contribution is 2.35. The van der Waals surface area contributed by atoms with Gasteiger partial charge in [0.1, 0.15) is 0 Å². The van der Waals surface area contributed by atoms with Crippen molar-refractivity contribution in [2.45, 2.75) is 31.0 Å². The van der Waals surface area contributed by atoms with Gasteiger partial charge in [0.15, 0.2) is 9.84 Å². The van der Waals surface area contributed by atoms with Gasteiger partial charge in [0, 0.05) is 0 Å². The summed E-state index contributed by atoms with van der Waals surface area (Å²) in [5.74, 6) is 0.155. The minimum Gasteiger partial charge on any atom is -0.369 e. The van der Waals surface area contributed by atoms with Gasteiger partial charge in [-0.15, -0.1) is 0 Å². The van der Waals surface area contributed by atoms with E-state index in [9.17, 15) is 8.42 Å². The number of sulfone groups is 1. The smallest absolute Gasteiger partial charge is 0.178 e. The van der Waals surface area contributed by atoms with Crippen LogP contribution >= 0.6 is 0 Å². The molecule has 0 amide bonds. The van der Waals surface area contributed by atoms with E-state index in [1.807, 2.05) is 49.4 Å². The number of benzene rings is 2. The van der Waals surface area contributed by atoms with Crippen LogP contribution in [0.3, 0.4) is 0 Å². The van der Waals surface area contributed by atoms with Crippen molar-refractivity contribution < 1.29 is 13.2 Å². The Bertz CT molecular complexity index is 736. The lowest BCUT2D eigenvalue weighted by Gasteiger charge is -2.26. The molecule has 21 heavy (non-hydrogen) atoms. The molecule has 1 unspecified atom stereocenters. The van der Waals surface area contributed by atoms with E-state index in [0.29, 0.717) is 17.9 Å². The lowest BCUT2D eigenvalue weighted by atomic mass is 10.0. The van der Waals surface area contributed by atoms with E-state index in [4.69, 9.17) is 4.74 Å². The SMILES string of the molecule is Cc1ccc2c(c1)C(OCc1ccccc1)CCS2(=O)=O. The lowest BCUT2D eigenvalue weighted by molar-refractivity contribution is 0.0343. The molecule has 0 N–H and O–H groups in total. The molecule has 0 radical (unpaired) electrons. The molecule has 1 aliphatic heterocycles. The fourth-order valence-corrected chi connectivity index (χ4v) is 4.24. The summed E-state index contributed by atoms with van der Waals surface area (Å²) in [7, 11) is -3.15. The predicted octanol–water partition coefficient (Wildman–Crippen LogP) is 3.43. The second-order valence-electron chi connectivity index (χ2n) is 5.43. The standard InChI is InChI=1S/C17H18O3S/c1-13-7-8-17-15(11-13)16(9-10-21(17,18)19)20-12-14-5-3-2-4-6-14/h2-8,11,16H,9-10,12H2,1H3. The van der Waals surface area contributed by atoms with Crippen LogP contribution < -0.4 is 0 Å². The molecule has 1 atom stereocenters. The van der Waals surface area contributed by atoms with Crippen LogP contribution in [0, 0.1) is 6.92 Å². The number of hydrogen-bond donors (Lipinski definition) is 0. The van der Waals surface area contributed by atoms with E-state index in [-0.39, 0.29) is 11.9 Å². The van der Waals surface area contributed by atoms with Crippen molar-refractivity contribution in [3.05, 3.63) is 65.2 Å². The van der Waals surface area contributed by atoms with Crippen LogP contribution in [0.15, 0.2) is 53.4 Å². The van der Waals surface area contributed by atoms with Crippen molar-refractivity contribution in [1.29, 1.82) is 0 Å². The zero-order valence-electron chi connectivity index (χ0n) is 12.0. The van der Waals surface area contributed by atoms with Crippen LogP contribution in [0.1, 0.15) is 29.2 Å². The van der Waals surface area contributed by atoms with Gasteiger partial charge in [-0.3, -0.25) is 0 Å². The third-order valence-corrected chi connectivity index (χ3v) is 5.61. The molecular weight excluding hydrogens is 284 g/mol. The largest absolute Gasteiger partial charge is 0.369 e. The third-order valence-electron chi connectivity index (χ3n) is 3.79. The molecule has 0 aliphatic carbocycles. The Labute approximate surface area is 125 Å². The van der Waals surface area contributed by atoms with Crippen LogP contribution in [0.5, 0.6) is 0 Å². The number of rotatable bonds is 3. The highest BCUT2D eigenvalue weighted by molar-refractivity contribution is 7.91. The van der Waals surface area contributed by atoms with E-state index < -0.39 is 9.84 Å². The van der Waals surface area contributed by atoms with Crippen LogP contribution in [-0.2, 0) is 21.2 Å². The monoisotopic (exact) mass is 302 g/mol. The fraction of sp³-hybridized carbons (Fsp3) is 0.294. The molecule has 1 aliphatic rings. The molecule has 0 saturated heterocycles. The van der Waals surface area contributed by atoms with Gasteiger partial charge in [-0.2, -0.15) is 0 Å². The van der Waals surface area contributed by atoms with Crippen molar-refractivity contribution in [1.82, 2.24) is 0 Å². The Hall–Kier alpha value is -1.65. The average molecular weight is 302 g/mol. The number of fused-ring (bicyclic) bond motifs is 1. The topological polar surface area (TPSA) is 43.4 Å². The minimum atomic E-state index is -3.15. The Kier molecular flexibility index (Phi) is 3.83. The first-order valence-electron chi connectivity index (χ1n) is 7.05. The molecule has 3 nitrogen and oxygen atoms in total. The highest BCUT2D eigenvalue weighted by atomic mass is 32.2. The Morgan fingerprint density at radius 3 is 2.67 bits per heavy atom. The van der Waals surface area contributed by atoms with Crippen molar-refractivity contribution >= 4 is 9.84 Å². The third kappa shape index (κ3) is 3.01. The van der Waals surface area contributed by atoms with Gasteiger partial charge < -0.3 is 4.74 Å². The summed E-state index contributed by atoms with van der Waals surface area (Å²) in [5, 5.41) is 0. The van der Waals surface area contributed by atoms with E-state index in [1.165, 1.54) is 0 Å². The van der Waals surface area contributed by atoms with Crippen molar-refractivity contribution in [2.24, 2.45) is 0 Å². The quantitative estimate of drug-likeness (QED) is 0.872. The summed E-state index contributed by atoms with van der Waals surface area (Å²) < 4.78 is 30.3. The van der Waals surface area contributed by atoms with Gasteiger partial charge in [-0.25, -0.2) is 8.42 Å². The fourth-order valence-electron chi connectivity index (χ4n) is 2.67. The molecule has 4 heteroatoms. The van der Waals surface area contributed by atoms with Crippen LogP contribution in [0.25, 0.3) is 0 Å². The molecular formula is C17H18O3S. The lowest BCUT2D eigenvalue weighted by Crippen LogP contribution is -2.22. The number of hydrogen-bond acceptors (Lipinski definition) is 3. The molecule has 0 fully saturated rings.